The van der Waals surface area contributed by atoms with E-state index in [1.54, 1.807) is 6.07 Å². The number of halogens is 1. The van der Waals surface area contributed by atoms with Crippen LogP contribution < -0.4 is 4.74 Å². The van der Waals surface area contributed by atoms with Crippen LogP contribution in [0.2, 0.25) is 5.02 Å². The highest BCUT2D eigenvalue weighted by Crippen LogP contribution is 2.30. The molecule has 0 atom stereocenters. The Labute approximate surface area is 124 Å². The summed E-state index contributed by atoms with van der Waals surface area (Å²) in [6.45, 7) is 0.407. The van der Waals surface area contributed by atoms with E-state index in [-0.39, 0.29) is 6.61 Å². The maximum absolute atomic E-state index is 9.33. The van der Waals surface area contributed by atoms with E-state index in [0.29, 0.717) is 17.4 Å². The second-order valence-corrected chi connectivity index (χ2v) is 5.54. The summed E-state index contributed by atoms with van der Waals surface area (Å²) in [6, 6.07) is 11.9. The third-order valence-corrected chi connectivity index (χ3v) is 4.06. The molecule has 1 N–H and O–H groups in total. The molecular weight excluding hydrogens is 272 g/mol. The SMILES string of the molecule is OCc1cccc(Cl)c1OCc1ccc2c(c1)CCC2. The molecular formula is C17H17ClO2. The highest BCUT2D eigenvalue weighted by atomic mass is 35.5. The molecule has 1 aliphatic rings. The van der Waals surface area contributed by atoms with Gasteiger partial charge in [0.25, 0.3) is 0 Å². The first-order chi connectivity index (χ1) is 9.78. The smallest absolute Gasteiger partial charge is 0.143 e. The normalized spacial score (nSPS) is 13.3. The molecule has 0 bridgehead atoms. The van der Waals surface area contributed by atoms with E-state index < -0.39 is 0 Å². The predicted octanol–water partition coefficient (Wildman–Crippen LogP) is 3.90. The number of ether oxygens (including phenoxy) is 1. The maximum atomic E-state index is 9.33. The second-order valence-electron chi connectivity index (χ2n) is 5.13. The number of aliphatic hydroxyl groups excluding tert-OH is 1. The van der Waals surface area contributed by atoms with Gasteiger partial charge in [0.1, 0.15) is 12.4 Å². The zero-order valence-electron chi connectivity index (χ0n) is 11.2. The highest BCUT2D eigenvalue weighted by Gasteiger charge is 2.12. The van der Waals surface area contributed by atoms with Gasteiger partial charge in [-0.25, -0.2) is 0 Å². The van der Waals surface area contributed by atoms with Crippen molar-refractivity contribution in [3.05, 3.63) is 63.7 Å². The van der Waals surface area contributed by atoms with Crippen LogP contribution in [0.4, 0.5) is 0 Å². The van der Waals surface area contributed by atoms with Gasteiger partial charge in [0.2, 0.25) is 0 Å². The summed E-state index contributed by atoms with van der Waals surface area (Å²) in [7, 11) is 0. The van der Waals surface area contributed by atoms with Gasteiger partial charge in [-0.3, -0.25) is 0 Å². The summed E-state index contributed by atoms with van der Waals surface area (Å²) in [5.41, 5.74) is 4.77. The molecule has 0 heterocycles. The second kappa shape index (κ2) is 5.86. The van der Waals surface area contributed by atoms with Crippen molar-refractivity contribution in [1.29, 1.82) is 0 Å². The van der Waals surface area contributed by atoms with Gasteiger partial charge in [-0.2, -0.15) is 0 Å². The van der Waals surface area contributed by atoms with Crippen LogP contribution >= 0.6 is 11.6 Å². The summed E-state index contributed by atoms with van der Waals surface area (Å²) in [5, 5.41) is 9.87. The van der Waals surface area contributed by atoms with Crippen molar-refractivity contribution in [3.63, 3.8) is 0 Å². The molecule has 20 heavy (non-hydrogen) atoms. The lowest BCUT2D eigenvalue weighted by Crippen LogP contribution is -2.00. The van der Waals surface area contributed by atoms with Gasteiger partial charge in [0.05, 0.1) is 11.6 Å². The lowest BCUT2D eigenvalue weighted by atomic mass is 10.1. The summed E-state index contributed by atoms with van der Waals surface area (Å²) in [5.74, 6) is 0.581. The number of aryl methyl sites for hydroxylation is 2. The Hall–Kier alpha value is -1.51. The van der Waals surface area contributed by atoms with Crippen molar-refractivity contribution in [2.45, 2.75) is 32.5 Å². The van der Waals surface area contributed by atoms with Crippen LogP contribution in [0.1, 0.15) is 28.7 Å². The number of hydrogen-bond donors (Lipinski definition) is 1. The first kappa shape index (κ1) is 13.5. The number of aliphatic hydroxyl groups is 1. The van der Waals surface area contributed by atoms with Crippen molar-refractivity contribution in [2.24, 2.45) is 0 Å². The van der Waals surface area contributed by atoms with Gasteiger partial charge in [-0.05, 0) is 42.0 Å². The Balaban J connectivity index is 1.77. The lowest BCUT2D eigenvalue weighted by molar-refractivity contribution is 0.259. The van der Waals surface area contributed by atoms with Crippen molar-refractivity contribution >= 4 is 11.6 Å². The monoisotopic (exact) mass is 288 g/mol. The van der Waals surface area contributed by atoms with Gasteiger partial charge in [-0.1, -0.05) is 41.9 Å². The van der Waals surface area contributed by atoms with E-state index in [2.05, 4.69) is 18.2 Å². The molecule has 0 unspecified atom stereocenters. The minimum absolute atomic E-state index is 0.0694. The van der Waals surface area contributed by atoms with Crippen molar-refractivity contribution in [2.75, 3.05) is 0 Å². The molecule has 2 aromatic rings. The molecule has 0 aromatic heterocycles. The first-order valence-corrected chi connectivity index (χ1v) is 7.27. The zero-order chi connectivity index (χ0) is 13.9. The molecule has 2 aromatic carbocycles. The average Bonchev–Trinajstić information content (AvgIpc) is 2.93. The molecule has 1 aliphatic carbocycles. The fourth-order valence-corrected chi connectivity index (χ4v) is 2.96. The quantitative estimate of drug-likeness (QED) is 0.924. The topological polar surface area (TPSA) is 29.5 Å². The molecule has 104 valence electrons. The highest BCUT2D eigenvalue weighted by molar-refractivity contribution is 6.32. The van der Waals surface area contributed by atoms with Crippen LogP contribution in [0.25, 0.3) is 0 Å². The van der Waals surface area contributed by atoms with E-state index in [9.17, 15) is 5.11 Å². The summed E-state index contributed by atoms with van der Waals surface area (Å²) >= 11 is 6.13. The van der Waals surface area contributed by atoms with E-state index in [4.69, 9.17) is 16.3 Å². The Bertz CT molecular complexity index is 622. The summed E-state index contributed by atoms with van der Waals surface area (Å²) in [4.78, 5) is 0. The Kier molecular flexibility index (Phi) is 3.95. The van der Waals surface area contributed by atoms with Crippen molar-refractivity contribution < 1.29 is 9.84 Å². The van der Waals surface area contributed by atoms with Gasteiger partial charge in [-0.15, -0.1) is 0 Å². The molecule has 0 radical (unpaired) electrons. The van der Waals surface area contributed by atoms with Crippen LogP contribution in [-0.4, -0.2) is 5.11 Å². The van der Waals surface area contributed by atoms with Crippen LogP contribution in [0, 0.1) is 0 Å². The number of fused-ring (bicyclic) bond motifs is 1. The van der Waals surface area contributed by atoms with Gasteiger partial charge in [0.15, 0.2) is 0 Å². The number of para-hydroxylation sites is 1. The zero-order valence-corrected chi connectivity index (χ0v) is 12.0. The Morgan fingerprint density at radius 3 is 2.80 bits per heavy atom. The van der Waals surface area contributed by atoms with E-state index >= 15 is 0 Å². The minimum atomic E-state index is -0.0694. The molecule has 0 saturated carbocycles. The standard InChI is InChI=1S/C17H17ClO2/c18-16-6-2-5-15(10-19)17(16)20-11-12-7-8-13-3-1-4-14(13)9-12/h2,5-9,19H,1,3-4,10-11H2. The van der Waals surface area contributed by atoms with Crippen LogP contribution in [0.3, 0.4) is 0 Å². The molecule has 0 amide bonds. The molecule has 3 rings (SSSR count). The van der Waals surface area contributed by atoms with Crippen LogP contribution in [0.15, 0.2) is 36.4 Å². The first-order valence-electron chi connectivity index (χ1n) is 6.89. The van der Waals surface area contributed by atoms with Crippen molar-refractivity contribution in [1.82, 2.24) is 0 Å². The summed E-state index contributed by atoms with van der Waals surface area (Å²) in [6.07, 6.45) is 3.60. The largest absolute Gasteiger partial charge is 0.487 e. The van der Waals surface area contributed by atoms with Gasteiger partial charge in [0, 0.05) is 5.56 Å². The van der Waals surface area contributed by atoms with Gasteiger partial charge >= 0.3 is 0 Å². The fraction of sp³-hybridized carbons (Fsp3) is 0.294. The minimum Gasteiger partial charge on any atom is -0.487 e. The van der Waals surface area contributed by atoms with Crippen LogP contribution in [-0.2, 0) is 26.1 Å². The number of hydrogen-bond acceptors (Lipinski definition) is 2. The third-order valence-electron chi connectivity index (χ3n) is 3.76. The fourth-order valence-electron chi connectivity index (χ4n) is 2.71. The predicted molar refractivity (Wildman–Crippen MR) is 80.2 cm³/mol. The van der Waals surface area contributed by atoms with E-state index in [1.165, 1.54) is 24.0 Å². The number of rotatable bonds is 4. The van der Waals surface area contributed by atoms with Gasteiger partial charge < -0.3 is 9.84 Å². The van der Waals surface area contributed by atoms with Crippen LogP contribution in [0.5, 0.6) is 5.75 Å². The third kappa shape index (κ3) is 2.67. The van der Waals surface area contributed by atoms with E-state index in [1.807, 2.05) is 12.1 Å². The molecule has 0 saturated heterocycles. The summed E-state index contributed by atoms with van der Waals surface area (Å²) < 4.78 is 5.81. The molecule has 3 heteroatoms. The average molecular weight is 289 g/mol. The van der Waals surface area contributed by atoms with E-state index in [0.717, 1.165) is 17.5 Å². The Morgan fingerprint density at radius 2 is 1.95 bits per heavy atom. The molecule has 2 nitrogen and oxygen atoms in total. The Morgan fingerprint density at radius 1 is 1.10 bits per heavy atom. The maximum Gasteiger partial charge on any atom is 0.143 e. The molecule has 0 aliphatic heterocycles. The number of benzene rings is 2. The molecule has 0 fully saturated rings. The molecule has 0 spiro atoms. The van der Waals surface area contributed by atoms with Crippen molar-refractivity contribution in [3.8, 4) is 5.75 Å². The lowest BCUT2D eigenvalue weighted by Gasteiger charge is -2.12.